The number of nitrogens with two attached hydrogens (primary N) is 1. The molecule has 3 heteroatoms. The number of ether oxygens (including phenoxy) is 1. The van der Waals surface area contributed by atoms with Gasteiger partial charge in [-0.15, -0.1) is 0 Å². The van der Waals surface area contributed by atoms with Gasteiger partial charge >= 0.3 is 0 Å². The number of benzene rings is 1. The summed E-state index contributed by atoms with van der Waals surface area (Å²) < 4.78 is 7.26. The zero-order valence-corrected chi connectivity index (χ0v) is 13.2. The summed E-state index contributed by atoms with van der Waals surface area (Å²) in [5, 5.41) is 0. The van der Waals surface area contributed by atoms with Gasteiger partial charge in [-0.2, -0.15) is 0 Å². The molecule has 0 aromatic heterocycles. The van der Waals surface area contributed by atoms with Crippen molar-refractivity contribution in [2.75, 3.05) is 6.61 Å². The molecule has 1 fully saturated rings. The molecule has 0 aliphatic heterocycles. The smallest absolute Gasteiger partial charge is 0.0975 e. The summed E-state index contributed by atoms with van der Waals surface area (Å²) in [6.07, 6.45) is 6.31. The molecule has 0 bridgehead atoms. The van der Waals surface area contributed by atoms with Crippen LogP contribution in [-0.4, -0.2) is 12.6 Å². The third-order valence-corrected chi connectivity index (χ3v) is 4.57. The number of rotatable bonds is 6. The van der Waals surface area contributed by atoms with Crippen molar-refractivity contribution in [2.24, 2.45) is 11.7 Å². The van der Waals surface area contributed by atoms with Gasteiger partial charge < -0.3 is 10.5 Å². The first-order chi connectivity index (χ1) is 9.20. The third kappa shape index (κ3) is 4.30. The monoisotopic (exact) mass is 325 g/mol. The zero-order valence-electron chi connectivity index (χ0n) is 11.6. The minimum Gasteiger partial charge on any atom is -0.372 e. The molecular formula is C16H24BrNO. The average Bonchev–Trinajstić information content (AvgIpc) is 2.93. The molecule has 1 aromatic carbocycles. The second-order valence-electron chi connectivity index (χ2n) is 5.53. The zero-order chi connectivity index (χ0) is 13.7. The predicted octanol–water partition coefficient (Wildman–Crippen LogP) is 4.43. The van der Waals surface area contributed by atoms with E-state index in [1.807, 2.05) is 0 Å². The van der Waals surface area contributed by atoms with E-state index in [-0.39, 0.29) is 12.1 Å². The van der Waals surface area contributed by atoms with Crippen molar-refractivity contribution < 1.29 is 4.74 Å². The Morgan fingerprint density at radius 3 is 2.47 bits per heavy atom. The molecular weight excluding hydrogens is 302 g/mol. The molecule has 106 valence electrons. The van der Waals surface area contributed by atoms with E-state index >= 15 is 0 Å². The molecule has 1 aliphatic rings. The van der Waals surface area contributed by atoms with Gasteiger partial charge in [0.15, 0.2) is 0 Å². The Balaban J connectivity index is 2.00. The van der Waals surface area contributed by atoms with Crippen molar-refractivity contribution in [2.45, 2.75) is 51.2 Å². The highest BCUT2D eigenvalue weighted by molar-refractivity contribution is 9.10. The normalized spacial score (nSPS) is 19.5. The molecule has 1 aliphatic carbocycles. The van der Waals surface area contributed by atoms with E-state index < -0.39 is 0 Å². The molecule has 1 saturated carbocycles. The summed E-state index contributed by atoms with van der Waals surface area (Å²) in [6, 6.07) is 8.41. The SMILES string of the molecule is CCC(N)C(OCC1CCCC1)c1ccc(Br)cc1. The molecule has 0 spiro atoms. The summed E-state index contributed by atoms with van der Waals surface area (Å²) in [7, 11) is 0. The molecule has 0 amide bonds. The van der Waals surface area contributed by atoms with Crippen LogP contribution in [0.2, 0.25) is 0 Å². The topological polar surface area (TPSA) is 35.2 Å². The maximum atomic E-state index is 6.24. The van der Waals surface area contributed by atoms with Gasteiger partial charge in [-0.25, -0.2) is 0 Å². The third-order valence-electron chi connectivity index (χ3n) is 4.05. The van der Waals surface area contributed by atoms with Crippen LogP contribution >= 0.6 is 15.9 Å². The fourth-order valence-corrected chi connectivity index (χ4v) is 3.01. The molecule has 2 nitrogen and oxygen atoms in total. The number of hydrogen-bond acceptors (Lipinski definition) is 2. The lowest BCUT2D eigenvalue weighted by atomic mass is 10.0. The quantitative estimate of drug-likeness (QED) is 0.839. The molecule has 2 atom stereocenters. The lowest BCUT2D eigenvalue weighted by Gasteiger charge is -2.25. The fraction of sp³-hybridized carbons (Fsp3) is 0.625. The molecule has 19 heavy (non-hydrogen) atoms. The van der Waals surface area contributed by atoms with E-state index in [2.05, 4.69) is 47.1 Å². The summed E-state index contributed by atoms with van der Waals surface area (Å²) >= 11 is 3.47. The molecule has 2 unspecified atom stereocenters. The van der Waals surface area contributed by atoms with Gasteiger partial charge in [-0.1, -0.05) is 47.8 Å². The fourth-order valence-electron chi connectivity index (χ4n) is 2.75. The second kappa shape index (κ2) is 7.41. The maximum Gasteiger partial charge on any atom is 0.0975 e. The molecule has 0 heterocycles. The van der Waals surface area contributed by atoms with Gasteiger partial charge in [0, 0.05) is 10.5 Å². The van der Waals surface area contributed by atoms with E-state index in [4.69, 9.17) is 10.5 Å². The van der Waals surface area contributed by atoms with Crippen LogP contribution in [0.5, 0.6) is 0 Å². The van der Waals surface area contributed by atoms with Crippen molar-refractivity contribution in [3.63, 3.8) is 0 Å². The molecule has 1 aromatic rings. The van der Waals surface area contributed by atoms with Crippen molar-refractivity contribution >= 4 is 15.9 Å². The Morgan fingerprint density at radius 1 is 1.26 bits per heavy atom. The summed E-state index contributed by atoms with van der Waals surface area (Å²) in [5.74, 6) is 0.738. The largest absolute Gasteiger partial charge is 0.372 e. The first-order valence-electron chi connectivity index (χ1n) is 7.33. The van der Waals surface area contributed by atoms with Gasteiger partial charge in [0.05, 0.1) is 12.7 Å². The van der Waals surface area contributed by atoms with Gasteiger partial charge in [-0.3, -0.25) is 0 Å². The Morgan fingerprint density at radius 2 is 1.89 bits per heavy atom. The van der Waals surface area contributed by atoms with E-state index in [0.717, 1.165) is 23.4 Å². The second-order valence-corrected chi connectivity index (χ2v) is 6.44. The van der Waals surface area contributed by atoms with E-state index in [1.165, 1.54) is 31.2 Å². The summed E-state index contributed by atoms with van der Waals surface area (Å²) in [5.41, 5.74) is 7.43. The average molecular weight is 326 g/mol. The van der Waals surface area contributed by atoms with Crippen LogP contribution in [0, 0.1) is 5.92 Å². The molecule has 2 rings (SSSR count). The Kier molecular flexibility index (Phi) is 5.86. The van der Waals surface area contributed by atoms with Gasteiger partial charge in [0.2, 0.25) is 0 Å². The van der Waals surface area contributed by atoms with E-state index in [0.29, 0.717) is 0 Å². The molecule has 0 saturated heterocycles. The summed E-state index contributed by atoms with van der Waals surface area (Å²) in [6.45, 7) is 2.98. The van der Waals surface area contributed by atoms with Crippen LogP contribution in [0.25, 0.3) is 0 Å². The number of hydrogen-bond donors (Lipinski definition) is 1. The first kappa shape index (κ1) is 15.0. The first-order valence-corrected chi connectivity index (χ1v) is 8.12. The highest BCUT2D eigenvalue weighted by atomic mass is 79.9. The predicted molar refractivity (Wildman–Crippen MR) is 83.1 cm³/mol. The maximum absolute atomic E-state index is 6.24. The molecule has 2 N–H and O–H groups in total. The Hall–Kier alpha value is -0.380. The highest BCUT2D eigenvalue weighted by Crippen LogP contribution is 2.29. The van der Waals surface area contributed by atoms with Crippen LogP contribution in [0.3, 0.4) is 0 Å². The minimum atomic E-state index is 0.0266. The summed E-state index contributed by atoms with van der Waals surface area (Å²) in [4.78, 5) is 0. The van der Waals surface area contributed by atoms with Crippen LogP contribution in [0.4, 0.5) is 0 Å². The van der Waals surface area contributed by atoms with Crippen molar-refractivity contribution in [1.82, 2.24) is 0 Å². The van der Waals surface area contributed by atoms with Gasteiger partial charge in [0.1, 0.15) is 0 Å². The van der Waals surface area contributed by atoms with Gasteiger partial charge in [-0.05, 0) is 42.9 Å². The van der Waals surface area contributed by atoms with Crippen LogP contribution in [0.15, 0.2) is 28.7 Å². The molecule has 0 radical (unpaired) electrons. The van der Waals surface area contributed by atoms with E-state index in [1.54, 1.807) is 0 Å². The standard InChI is InChI=1S/C16H24BrNO/c1-2-15(18)16(13-7-9-14(17)10-8-13)19-11-12-5-3-4-6-12/h7-10,12,15-16H,2-6,11,18H2,1H3. The van der Waals surface area contributed by atoms with Crippen LogP contribution < -0.4 is 5.73 Å². The number of halogens is 1. The Bertz CT molecular complexity index is 373. The van der Waals surface area contributed by atoms with Gasteiger partial charge in [0.25, 0.3) is 0 Å². The highest BCUT2D eigenvalue weighted by Gasteiger charge is 2.22. The lowest BCUT2D eigenvalue weighted by Crippen LogP contribution is -2.30. The van der Waals surface area contributed by atoms with E-state index in [9.17, 15) is 0 Å². The van der Waals surface area contributed by atoms with Crippen LogP contribution in [-0.2, 0) is 4.74 Å². The van der Waals surface area contributed by atoms with Crippen molar-refractivity contribution in [3.8, 4) is 0 Å². The lowest BCUT2D eigenvalue weighted by molar-refractivity contribution is 0.0127. The minimum absolute atomic E-state index is 0.0266. The van der Waals surface area contributed by atoms with Crippen LogP contribution in [0.1, 0.15) is 50.7 Å². The van der Waals surface area contributed by atoms with Crippen molar-refractivity contribution in [1.29, 1.82) is 0 Å². The van der Waals surface area contributed by atoms with Crippen molar-refractivity contribution in [3.05, 3.63) is 34.3 Å². The Labute approximate surface area is 124 Å².